The maximum Gasteiger partial charge on any atom is 0.124 e. The summed E-state index contributed by atoms with van der Waals surface area (Å²) in [6, 6.07) is 4.70. The lowest BCUT2D eigenvalue weighted by Gasteiger charge is -2.30. The van der Waals surface area contributed by atoms with E-state index in [9.17, 15) is 4.39 Å². The first-order valence-electron chi connectivity index (χ1n) is 7.56. The number of hydrogen-bond acceptors (Lipinski definition) is 2. The number of piperidine rings is 1. The van der Waals surface area contributed by atoms with Crippen LogP contribution in [-0.4, -0.2) is 31.1 Å². The molecule has 0 spiro atoms. The summed E-state index contributed by atoms with van der Waals surface area (Å²) >= 11 is 6.14. The average molecular weight is 299 g/mol. The molecule has 0 aliphatic carbocycles. The van der Waals surface area contributed by atoms with Crippen LogP contribution in [0.1, 0.15) is 31.7 Å². The number of halogens is 2. The van der Waals surface area contributed by atoms with Crippen molar-refractivity contribution in [1.29, 1.82) is 0 Å². The predicted molar refractivity (Wildman–Crippen MR) is 82.6 cm³/mol. The lowest BCUT2D eigenvalue weighted by molar-refractivity contribution is 0.201. The summed E-state index contributed by atoms with van der Waals surface area (Å²) in [6.45, 7) is 7.41. The van der Waals surface area contributed by atoms with Gasteiger partial charge in [-0.05, 0) is 62.5 Å². The molecule has 0 saturated carbocycles. The van der Waals surface area contributed by atoms with Gasteiger partial charge in [0.05, 0.1) is 0 Å². The molecule has 1 atom stereocenters. The highest BCUT2D eigenvalue weighted by Crippen LogP contribution is 2.20. The minimum Gasteiger partial charge on any atom is -0.316 e. The highest BCUT2D eigenvalue weighted by Gasteiger charge is 2.17. The Balaban J connectivity index is 1.96. The molecule has 112 valence electrons. The number of hydrogen-bond donors (Lipinski definition) is 1. The second-order valence-corrected chi connectivity index (χ2v) is 6.09. The molecule has 1 N–H and O–H groups in total. The summed E-state index contributed by atoms with van der Waals surface area (Å²) in [5, 5.41) is 4.00. The van der Waals surface area contributed by atoms with E-state index in [0.717, 1.165) is 50.6 Å². The Hall–Kier alpha value is -0.640. The summed E-state index contributed by atoms with van der Waals surface area (Å²) in [6.07, 6.45) is 3.69. The van der Waals surface area contributed by atoms with E-state index in [-0.39, 0.29) is 5.82 Å². The minimum atomic E-state index is -0.266. The van der Waals surface area contributed by atoms with E-state index in [0.29, 0.717) is 5.02 Å². The monoisotopic (exact) mass is 298 g/mol. The Kier molecular flexibility index (Phi) is 6.27. The van der Waals surface area contributed by atoms with E-state index in [1.807, 2.05) is 0 Å². The molecule has 4 heteroatoms. The van der Waals surface area contributed by atoms with Crippen molar-refractivity contribution in [1.82, 2.24) is 10.2 Å². The number of benzene rings is 1. The Morgan fingerprint density at radius 1 is 1.45 bits per heavy atom. The fraction of sp³-hybridized carbons (Fsp3) is 0.625. The van der Waals surface area contributed by atoms with E-state index >= 15 is 0 Å². The number of nitrogens with zero attached hydrogens (tertiary/aromatic N) is 1. The number of nitrogens with one attached hydrogen (secondary N) is 1. The van der Waals surface area contributed by atoms with Crippen molar-refractivity contribution in [3.8, 4) is 0 Å². The molecule has 1 unspecified atom stereocenters. The molecule has 0 aromatic heterocycles. The van der Waals surface area contributed by atoms with Crippen molar-refractivity contribution in [2.45, 2.75) is 32.7 Å². The van der Waals surface area contributed by atoms with E-state index in [4.69, 9.17) is 11.6 Å². The third-order valence-electron chi connectivity index (χ3n) is 3.86. The molecule has 1 aliphatic heterocycles. The van der Waals surface area contributed by atoms with E-state index < -0.39 is 0 Å². The molecule has 20 heavy (non-hydrogen) atoms. The van der Waals surface area contributed by atoms with Gasteiger partial charge in [0.25, 0.3) is 0 Å². The van der Waals surface area contributed by atoms with E-state index in [1.165, 1.54) is 25.0 Å². The van der Waals surface area contributed by atoms with Crippen molar-refractivity contribution >= 4 is 11.6 Å². The second-order valence-electron chi connectivity index (χ2n) is 5.68. The Morgan fingerprint density at radius 2 is 2.30 bits per heavy atom. The fourth-order valence-corrected chi connectivity index (χ4v) is 3.11. The summed E-state index contributed by atoms with van der Waals surface area (Å²) in [4.78, 5) is 2.44. The van der Waals surface area contributed by atoms with Crippen LogP contribution in [0.3, 0.4) is 0 Å². The predicted octanol–water partition coefficient (Wildman–Crippen LogP) is 3.69. The molecular weight excluding hydrogens is 275 g/mol. The maximum atomic E-state index is 13.1. The first kappa shape index (κ1) is 15.7. The van der Waals surface area contributed by atoms with Crippen LogP contribution in [0.5, 0.6) is 0 Å². The van der Waals surface area contributed by atoms with Gasteiger partial charge in [-0.15, -0.1) is 0 Å². The highest BCUT2D eigenvalue weighted by molar-refractivity contribution is 6.31. The molecule has 0 radical (unpaired) electrons. The number of rotatable bonds is 6. The lowest BCUT2D eigenvalue weighted by atomic mass is 9.98. The summed E-state index contributed by atoms with van der Waals surface area (Å²) in [7, 11) is 0. The topological polar surface area (TPSA) is 15.3 Å². The van der Waals surface area contributed by atoms with E-state index in [2.05, 4.69) is 17.1 Å². The minimum absolute atomic E-state index is 0.266. The van der Waals surface area contributed by atoms with Crippen LogP contribution in [0.15, 0.2) is 18.2 Å². The van der Waals surface area contributed by atoms with Gasteiger partial charge >= 0.3 is 0 Å². The summed E-state index contributed by atoms with van der Waals surface area (Å²) < 4.78 is 13.1. The third kappa shape index (κ3) is 4.72. The van der Waals surface area contributed by atoms with Gasteiger partial charge in [0.1, 0.15) is 5.82 Å². The van der Waals surface area contributed by atoms with Crippen LogP contribution >= 0.6 is 11.6 Å². The van der Waals surface area contributed by atoms with Crippen LogP contribution in [0, 0.1) is 11.7 Å². The van der Waals surface area contributed by atoms with Crippen molar-refractivity contribution in [3.63, 3.8) is 0 Å². The maximum absolute atomic E-state index is 13.1. The zero-order valence-corrected chi connectivity index (χ0v) is 12.9. The highest BCUT2D eigenvalue weighted by atomic mass is 35.5. The van der Waals surface area contributed by atoms with Crippen molar-refractivity contribution < 1.29 is 4.39 Å². The van der Waals surface area contributed by atoms with Gasteiger partial charge in [-0.25, -0.2) is 4.39 Å². The zero-order valence-electron chi connectivity index (χ0n) is 12.2. The molecule has 1 aromatic rings. The first-order valence-corrected chi connectivity index (χ1v) is 7.94. The molecule has 1 fully saturated rings. The summed E-state index contributed by atoms with van der Waals surface area (Å²) in [5.41, 5.74) is 1.02. The van der Waals surface area contributed by atoms with Crippen molar-refractivity contribution in [3.05, 3.63) is 34.6 Å². The van der Waals surface area contributed by atoms with Crippen LogP contribution < -0.4 is 5.32 Å². The molecule has 1 aromatic carbocycles. The Morgan fingerprint density at radius 3 is 2.95 bits per heavy atom. The SMILES string of the molecule is CCCN(Cc1ccc(F)cc1Cl)CC1CCCNC1. The lowest BCUT2D eigenvalue weighted by Crippen LogP contribution is -2.38. The van der Waals surface area contributed by atoms with Gasteiger partial charge in [-0.2, -0.15) is 0 Å². The molecule has 2 rings (SSSR count). The van der Waals surface area contributed by atoms with Gasteiger partial charge in [0.2, 0.25) is 0 Å². The Bertz CT molecular complexity index is 419. The normalized spacial score (nSPS) is 19.5. The molecule has 2 nitrogen and oxygen atoms in total. The van der Waals surface area contributed by atoms with Crippen LogP contribution in [0.25, 0.3) is 0 Å². The Labute approximate surface area is 126 Å². The molecule has 0 amide bonds. The second kappa shape index (κ2) is 7.96. The van der Waals surface area contributed by atoms with Crippen LogP contribution in [-0.2, 0) is 6.54 Å². The molecule has 1 aliphatic rings. The zero-order chi connectivity index (χ0) is 14.4. The third-order valence-corrected chi connectivity index (χ3v) is 4.22. The quantitative estimate of drug-likeness (QED) is 0.861. The van der Waals surface area contributed by atoms with Gasteiger partial charge in [-0.3, -0.25) is 4.90 Å². The summed E-state index contributed by atoms with van der Waals surface area (Å²) in [5.74, 6) is 0.451. The van der Waals surface area contributed by atoms with Gasteiger partial charge in [0, 0.05) is 18.1 Å². The fourth-order valence-electron chi connectivity index (χ4n) is 2.89. The standard InChI is InChI=1S/C16H24ClFN2/c1-2-8-20(11-13-4-3-7-19-10-13)12-14-5-6-15(18)9-16(14)17/h5-6,9,13,19H,2-4,7-8,10-12H2,1H3. The largest absolute Gasteiger partial charge is 0.316 e. The average Bonchev–Trinajstić information content (AvgIpc) is 2.43. The van der Waals surface area contributed by atoms with Gasteiger partial charge in [-0.1, -0.05) is 24.6 Å². The first-order chi connectivity index (χ1) is 9.69. The molecule has 1 heterocycles. The van der Waals surface area contributed by atoms with Crippen molar-refractivity contribution in [2.75, 3.05) is 26.2 Å². The van der Waals surface area contributed by atoms with Crippen LogP contribution in [0.4, 0.5) is 4.39 Å². The molecule has 1 saturated heterocycles. The van der Waals surface area contributed by atoms with Crippen molar-refractivity contribution in [2.24, 2.45) is 5.92 Å². The smallest absolute Gasteiger partial charge is 0.124 e. The van der Waals surface area contributed by atoms with Crippen LogP contribution in [0.2, 0.25) is 5.02 Å². The molecular formula is C16H24ClFN2. The van der Waals surface area contributed by atoms with E-state index in [1.54, 1.807) is 6.07 Å². The van der Waals surface area contributed by atoms with Gasteiger partial charge < -0.3 is 5.32 Å². The molecule has 0 bridgehead atoms. The van der Waals surface area contributed by atoms with Gasteiger partial charge in [0.15, 0.2) is 0 Å².